The molecule has 1 aliphatic heterocycles. The summed E-state index contributed by atoms with van der Waals surface area (Å²) in [5.41, 5.74) is 1.13. The van der Waals surface area contributed by atoms with Crippen LogP contribution in [0.1, 0.15) is 28.9 Å². The lowest BCUT2D eigenvalue weighted by atomic mass is 10.1. The van der Waals surface area contributed by atoms with Crippen LogP contribution < -0.4 is 5.32 Å². The van der Waals surface area contributed by atoms with Gasteiger partial charge in [-0.1, -0.05) is 0 Å². The van der Waals surface area contributed by atoms with E-state index in [1.807, 2.05) is 0 Å². The maximum atomic E-state index is 11.5. The number of nitrogens with zero attached hydrogens (tertiary/aromatic N) is 1. The summed E-state index contributed by atoms with van der Waals surface area (Å²) in [5.74, 6) is 1.88. The van der Waals surface area contributed by atoms with Crippen LogP contribution in [0.15, 0.2) is 12.1 Å². The van der Waals surface area contributed by atoms with Crippen molar-refractivity contribution in [2.24, 2.45) is 0 Å². The normalized spacial score (nSPS) is 22.8. The fourth-order valence-corrected chi connectivity index (χ4v) is 3.41. The fourth-order valence-electron chi connectivity index (χ4n) is 2.11. The molecule has 0 aliphatic carbocycles. The SMILES string of the molecule is COC(=O)c1ccc(NC2CCS(=O)CC2)nc1C. The number of carbonyl (C=O) groups excluding carboxylic acids is 1. The van der Waals surface area contributed by atoms with Gasteiger partial charge in [0.05, 0.1) is 18.4 Å². The van der Waals surface area contributed by atoms with Gasteiger partial charge in [-0.3, -0.25) is 4.21 Å². The van der Waals surface area contributed by atoms with Gasteiger partial charge >= 0.3 is 5.97 Å². The highest BCUT2D eigenvalue weighted by atomic mass is 32.2. The zero-order chi connectivity index (χ0) is 13.8. The number of rotatable bonds is 3. The molecule has 19 heavy (non-hydrogen) atoms. The molecular weight excluding hydrogens is 264 g/mol. The molecule has 2 rings (SSSR count). The lowest BCUT2D eigenvalue weighted by Gasteiger charge is -2.23. The average molecular weight is 282 g/mol. The number of hydrogen-bond acceptors (Lipinski definition) is 5. The molecule has 1 saturated heterocycles. The molecule has 1 N–H and O–H groups in total. The average Bonchev–Trinajstić information content (AvgIpc) is 2.41. The van der Waals surface area contributed by atoms with E-state index >= 15 is 0 Å². The third-order valence-electron chi connectivity index (χ3n) is 3.23. The van der Waals surface area contributed by atoms with E-state index in [0.29, 0.717) is 17.3 Å². The first-order valence-electron chi connectivity index (χ1n) is 6.27. The van der Waals surface area contributed by atoms with Gasteiger partial charge in [-0.25, -0.2) is 9.78 Å². The van der Waals surface area contributed by atoms with E-state index in [9.17, 15) is 9.00 Å². The van der Waals surface area contributed by atoms with Crippen LogP contribution in [-0.2, 0) is 15.5 Å². The molecule has 1 aromatic rings. The van der Waals surface area contributed by atoms with Crippen LogP contribution in [0.4, 0.5) is 5.82 Å². The molecule has 1 aromatic heterocycles. The third kappa shape index (κ3) is 3.53. The summed E-state index contributed by atoms with van der Waals surface area (Å²) >= 11 is 0. The van der Waals surface area contributed by atoms with Crippen LogP contribution in [0.25, 0.3) is 0 Å². The summed E-state index contributed by atoms with van der Waals surface area (Å²) in [4.78, 5) is 15.8. The van der Waals surface area contributed by atoms with Gasteiger partial charge in [-0.05, 0) is 31.9 Å². The molecule has 0 saturated carbocycles. The van der Waals surface area contributed by atoms with E-state index in [4.69, 9.17) is 0 Å². The number of ether oxygens (including phenoxy) is 1. The van der Waals surface area contributed by atoms with Crippen molar-refractivity contribution in [1.29, 1.82) is 0 Å². The van der Waals surface area contributed by atoms with Gasteiger partial charge in [0.15, 0.2) is 0 Å². The number of nitrogens with one attached hydrogen (secondary N) is 1. The molecule has 0 aromatic carbocycles. The van der Waals surface area contributed by atoms with E-state index in [2.05, 4.69) is 15.0 Å². The summed E-state index contributed by atoms with van der Waals surface area (Å²) in [6.07, 6.45) is 1.79. The Morgan fingerprint density at radius 1 is 1.42 bits per heavy atom. The second-order valence-electron chi connectivity index (χ2n) is 4.59. The minimum absolute atomic E-state index is 0.313. The molecule has 0 unspecified atom stereocenters. The first-order chi connectivity index (χ1) is 9.10. The van der Waals surface area contributed by atoms with Crippen LogP contribution in [0.5, 0.6) is 0 Å². The topological polar surface area (TPSA) is 68.3 Å². The van der Waals surface area contributed by atoms with Crippen molar-refractivity contribution in [2.45, 2.75) is 25.8 Å². The highest BCUT2D eigenvalue weighted by Gasteiger charge is 2.18. The van der Waals surface area contributed by atoms with E-state index in [-0.39, 0.29) is 5.97 Å². The first kappa shape index (κ1) is 14.0. The van der Waals surface area contributed by atoms with Crippen LogP contribution in [0.3, 0.4) is 0 Å². The predicted octanol–water partition coefficient (Wildman–Crippen LogP) is 1.50. The Bertz CT molecular complexity index is 495. The van der Waals surface area contributed by atoms with E-state index in [0.717, 1.165) is 30.2 Å². The van der Waals surface area contributed by atoms with Crippen LogP contribution >= 0.6 is 0 Å². The van der Waals surface area contributed by atoms with Gasteiger partial charge in [0.1, 0.15) is 5.82 Å². The van der Waals surface area contributed by atoms with Gasteiger partial charge < -0.3 is 10.1 Å². The largest absolute Gasteiger partial charge is 0.465 e. The number of anilines is 1. The van der Waals surface area contributed by atoms with Crippen molar-refractivity contribution in [2.75, 3.05) is 23.9 Å². The van der Waals surface area contributed by atoms with Crippen molar-refractivity contribution in [3.63, 3.8) is 0 Å². The Morgan fingerprint density at radius 3 is 2.68 bits per heavy atom. The zero-order valence-corrected chi connectivity index (χ0v) is 12.0. The number of carbonyl (C=O) groups is 1. The molecular formula is C13H18N2O3S. The molecule has 104 valence electrons. The number of hydrogen-bond donors (Lipinski definition) is 1. The first-order valence-corrected chi connectivity index (χ1v) is 7.76. The third-order valence-corrected chi connectivity index (χ3v) is 4.61. The van der Waals surface area contributed by atoms with Crippen molar-refractivity contribution < 1.29 is 13.7 Å². The summed E-state index contributed by atoms with van der Waals surface area (Å²) in [6, 6.07) is 3.82. The minimum Gasteiger partial charge on any atom is -0.465 e. The zero-order valence-electron chi connectivity index (χ0n) is 11.1. The van der Waals surface area contributed by atoms with Crippen molar-refractivity contribution >= 4 is 22.6 Å². The molecule has 0 amide bonds. The molecule has 1 fully saturated rings. The summed E-state index contributed by atoms with van der Waals surface area (Å²) < 4.78 is 16.0. The van der Waals surface area contributed by atoms with Crippen molar-refractivity contribution in [1.82, 2.24) is 4.98 Å². The van der Waals surface area contributed by atoms with Crippen LogP contribution in [0.2, 0.25) is 0 Å². The monoisotopic (exact) mass is 282 g/mol. The standard InChI is InChI=1S/C13H18N2O3S/c1-9-11(13(16)18-2)3-4-12(14-9)15-10-5-7-19(17)8-6-10/h3-4,10H,5-8H2,1-2H3,(H,14,15). The molecule has 0 bridgehead atoms. The fraction of sp³-hybridized carbons (Fsp3) is 0.538. The number of pyridine rings is 1. The number of methoxy groups -OCH3 is 1. The molecule has 1 aliphatic rings. The highest BCUT2D eigenvalue weighted by molar-refractivity contribution is 7.85. The summed E-state index contributed by atoms with van der Waals surface area (Å²) in [6.45, 7) is 1.79. The second-order valence-corrected chi connectivity index (χ2v) is 6.28. The van der Waals surface area contributed by atoms with Gasteiger partial charge in [0, 0.05) is 28.3 Å². The molecule has 5 nitrogen and oxygen atoms in total. The number of aromatic nitrogens is 1. The molecule has 6 heteroatoms. The second kappa shape index (κ2) is 6.14. The van der Waals surface area contributed by atoms with Gasteiger partial charge in [0.25, 0.3) is 0 Å². The molecule has 0 atom stereocenters. The Morgan fingerprint density at radius 2 is 2.11 bits per heavy atom. The summed E-state index contributed by atoms with van der Waals surface area (Å²) in [5, 5.41) is 3.33. The maximum absolute atomic E-state index is 11.5. The number of aryl methyl sites for hydroxylation is 1. The Labute approximate surface area is 115 Å². The van der Waals surface area contributed by atoms with Gasteiger partial charge in [-0.15, -0.1) is 0 Å². The molecule has 0 spiro atoms. The van der Waals surface area contributed by atoms with E-state index in [1.165, 1.54) is 7.11 Å². The van der Waals surface area contributed by atoms with Gasteiger partial charge in [0.2, 0.25) is 0 Å². The Balaban J connectivity index is 2.04. The smallest absolute Gasteiger partial charge is 0.339 e. The van der Waals surface area contributed by atoms with Crippen molar-refractivity contribution in [3.05, 3.63) is 23.4 Å². The Hall–Kier alpha value is -1.43. The molecule has 2 heterocycles. The predicted molar refractivity (Wildman–Crippen MR) is 74.8 cm³/mol. The quantitative estimate of drug-likeness (QED) is 0.851. The minimum atomic E-state index is -0.656. The van der Waals surface area contributed by atoms with Crippen LogP contribution in [-0.4, -0.2) is 39.8 Å². The molecule has 0 radical (unpaired) electrons. The van der Waals surface area contributed by atoms with E-state index in [1.54, 1.807) is 19.1 Å². The van der Waals surface area contributed by atoms with Crippen molar-refractivity contribution in [3.8, 4) is 0 Å². The Kier molecular flexibility index (Phi) is 4.52. The van der Waals surface area contributed by atoms with E-state index < -0.39 is 10.8 Å². The lowest BCUT2D eigenvalue weighted by molar-refractivity contribution is 0.0599. The van der Waals surface area contributed by atoms with Crippen LogP contribution in [0, 0.1) is 6.92 Å². The summed E-state index contributed by atoms with van der Waals surface area (Å²) in [7, 11) is 0.701. The van der Waals surface area contributed by atoms with Gasteiger partial charge in [-0.2, -0.15) is 0 Å². The lowest BCUT2D eigenvalue weighted by Crippen LogP contribution is -2.29. The maximum Gasteiger partial charge on any atom is 0.339 e. The highest BCUT2D eigenvalue weighted by Crippen LogP contribution is 2.17. The number of esters is 1.